The van der Waals surface area contributed by atoms with Crippen LogP contribution >= 0.6 is 0 Å². The summed E-state index contributed by atoms with van der Waals surface area (Å²) in [4.78, 5) is 20.6. The summed E-state index contributed by atoms with van der Waals surface area (Å²) < 4.78 is 4.53. The number of carbonyl (C=O) groups is 2. The number of primary amides is 1. The fourth-order valence-corrected chi connectivity index (χ4v) is 0.585. The standard InChI is InChI=1S/C6H5NO4/c7-5(8)3-1-2-4(11-3)6(9)10/h1-2H,(H2,7,8)(H,9,10). The molecule has 0 spiro atoms. The summed E-state index contributed by atoms with van der Waals surface area (Å²) in [5.74, 6) is -2.45. The minimum atomic E-state index is -1.22. The number of hydrogen-bond acceptors (Lipinski definition) is 3. The van der Waals surface area contributed by atoms with Crippen molar-refractivity contribution >= 4 is 11.9 Å². The third-order valence-corrected chi connectivity index (χ3v) is 1.06. The van der Waals surface area contributed by atoms with Crippen molar-refractivity contribution in [1.82, 2.24) is 0 Å². The predicted molar refractivity (Wildman–Crippen MR) is 34.2 cm³/mol. The smallest absolute Gasteiger partial charge is 0.371 e. The number of hydrogen-bond donors (Lipinski definition) is 2. The van der Waals surface area contributed by atoms with E-state index in [-0.39, 0.29) is 11.5 Å². The van der Waals surface area contributed by atoms with E-state index >= 15 is 0 Å². The van der Waals surface area contributed by atoms with Gasteiger partial charge in [-0.25, -0.2) is 4.79 Å². The molecule has 0 aliphatic carbocycles. The van der Waals surface area contributed by atoms with Crippen molar-refractivity contribution in [2.24, 2.45) is 5.73 Å². The van der Waals surface area contributed by atoms with Crippen LogP contribution in [0.25, 0.3) is 0 Å². The monoisotopic (exact) mass is 155 g/mol. The molecule has 1 amide bonds. The van der Waals surface area contributed by atoms with Gasteiger partial charge in [0.15, 0.2) is 5.76 Å². The van der Waals surface area contributed by atoms with Crippen LogP contribution in [0.4, 0.5) is 0 Å². The Morgan fingerprint density at radius 2 is 1.91 bits per heavy atom. The van der Waals surface area contributed by atoms with E-state index in [2.05, 4.69) is 4.42 Å². The third-order valence-electron chi connectivity index (χ3n) is 1.06. The van der Waals surface area contributed by atoms with E-state index in [0.717, 1.165) is 0 Å². The summed E-state index contributed by atoms with van der Waals surface area (Å²) >= 11 is 0. The van der Waals surface area contributed by atoms with Crippen LogP contribution in [-0.4, -0.2) is 17.0 Å². The number of carboxylic acid groups (broad SMARTS) is 1. The first-order valence-electron chi connectivity index (χ1n) is 2.74. The van der Waals surface area contributed by atoms with Crippen LogP contribution in [0.2, 0.25) is 0 Å². The Morgan fingerprint density at radius 1 is 1.36 bits per heavy atom. The summed E-state index contributed by atoms with van der Waals surface area (Å²) in [5.41, 5.74) is 4.80. The number of furan rings is 1. The largest absolute Gasteiger partial charge is 0.475 e. The minimum absolute atomic E-state index is 0.151. The van der Waals surface area contributed by atoms with Crippen molar-refractivity contribution in [3.8, 4) is 0 Å². The first-order valence-corrected chi connectivity index (χ1v) is 2.74. The predicted octanol–water partition coefficient (Wildman–Crippen LogP) is 0.0767. The number of rotatable bonds is 2. The maximum atomic E-state index is 10.4. The zero-order valence-electron chi connectivity index (χ0n) is 5.40. The number of aromatic carboxylic acids is 1. The van der Waals surface area contributed by atoms with Gasteiger partial charge in [0.2, 0.25) is 5.76 Å². The van der Waals surface area contributed by atoms with Crippen molar-refractivity contribution in [1.29, 1.82) is 0 Å². The number of carboxylic acids is 1. The Kier molecular flexibility index (Phi) is 1.63. The molecule has 0 fully saturated rings. The molecule has 5 nitrogen and oxygen atoms in total. The third kappa shape index (κ3) is 1.37. The normalized spacial score (nSPS) is 9.45. The molecule has 0 bridgehead atoms. The van der Waals surface area contributed by atoms with Crippen LogP contribution in [0, 0.1) is 0 Å². The molecule has 0 radical (unpaired) electrons. The molecule has 0 atom stereocenters. The molecule has 1 aromatic heterocycles. The lowest BCUT2D eigenvalue weighted by Gasteiger charge is -1.85. The highest BCUT2D eigenvalue weighted by molar-refractivity contribution is 5.92. The number of carbonyl (C=O) groups excluding carboxylic acids is 1. The molecule has 1 rings (SSSR count). The number of amides is 1. The van der Waals surface area contributed by atoms with Gasteiger partial charge >= 0.3 is 5.97 Å². The van der Waals surface area contributed by atoms with Gasteiger partial charge in [-0.1, -0.05) is 0 Å². The number of nitrogens with two attached hydrogens (primary N) is 1. The van der Waals surface area contributed by atoms with Crippen LogP contribution in [0.3, 0.4) is 0 Å². The van der Waals surface area contributed by atoms with Crippen molar-refractivity contribution in [3.63, 3.8) is 0 Å². The highest BCUT2D eigenvalue weighted by Gasteiger charge is 2.11. The fraction of sp³-hybridized carbons (Fsp3) is 0. The lowest BCUT2D eigenvalue weighted by Crippen LogP contribution is -2.09. The molecule has 0 aliphatic rings. The second-order valence-electron chi connectivity index (χ2n) is 1.83. The van der Waals surface area contributed by atoms with Gasteiger partial charge in [-0.05, 0) is 12.1 Å². The quantitative estimate of drug-likeness (QED) is 0.632. The van der Waals surface area contributed by atoms with Crippen LogP contribution in [0.1, 0.15) is 21.1 Å². The van der Waals surface area contributed by atoms with Gasteiger partial charge in [0.05, 0.1) is 0 Å². The van der Waals surface area contributed by atoms with Crippen LogP contribution in [0.15, 0.2) is 16.5 Å². The van der Waals surface area contributed by atoms with Crippen molar-refractivity contribution in [2.75, 3.05) is 0 Å². The molecule has 11 heavy (non-hydrogen) atoms. The first kappa shape index (κ1) is 7.33. The van der Waals surface area contributed by atoms with E-state index in [1.165, 1.54) is 12.1 Å². The second-order valence-corrected chi connectivity index (χ2v) is 1.83. The molecule has 0 unspecified atom stereocenters. The van der Waals surface area contributed by atoms with E-state index < -0.39 is 11.9 Å². The Bertz CT molecular complexity index is 273. The Labute approximate surface area is 61.4 Å². The van der Waals surface area contributed by atoms with Crippen LogP contribution in [0.5, 0.6) is 0 Å². The molecule has 1 heterocycles. The van der Waals surface area contributed by atoms with Crippen LogP contribution < -0.4 is 5.73 Å². The van der Waals surface area contributed by atoms with Crippen LogP contribution in [-0.2, 0) is 0 Å². The lowest BCUT2D eigenvalue weighted by molar-refractivity contribution is 0.0660. The topological polar surface area (TPSA) is 93.5 Å². The highest BCUT2D eigenvalue weighted by Crippen LogP contribution is 2.06. The SMILES string of the molecule is NC(=O)c1ccc(C(=O)O)o1. The molecule has 0 aromatic carbocycles. The summed E-state index contributed by atoms with van der Waals surface area (Å²) in [7, 11) is 0. The van der Waals surface area contributed by atoms with Crippen molar-refractivity contribution in [2.45, 2.75) is 0 Å². The summed E-state index contributed by atoms with van der Waals surface area (Å²) in [6.07, 6.45) is 0. The Balaban J connectivity index is 2.99. The Morgan fingerprint density at radius 3 is 2.18 bits per heavy atom. The molecular weight excluding hydrogens is 150 g/mol. The zero-order chi connectivity index (χ0) is 8.43. The van der Waals surface area contributed by atoms with Gasteiger partial charge in [0, 0.05) is 0 Å². The molecule has 58 valence electrons. The average Bonchev–Trinajstić information content (AvgIpc) is 2.33. The summed E-state index contributed by atoms with van der Waals surface area (Å²) in [6, 6.07) is 2.38. The van der Waals surface area contributed by atoms with E-state index in [1.54, 1.807) is 0 Å². The molecule has 0 aliphatic heterocycles. The van der Waals surface area contributed by atoms with Gasteiger partial charge in [0.1, 0.15) is 0 Å². The van der Waals surface area contributed by atoms with E-state index in [4.69, 9.17) is 10.8 Å². The second kappa shape index (κ2) is 2.45. The lowest BCUT2D eigenvalue weighted by atomic mass is 10.4. The maximum Gasteiger partial charge on any atom is 0.371 e. The van der Waals surface area contributed by atoms with Gasteiger partial charge < -0.3 is 15.3 Å². The average molecular weight is 155 g/mol. The van der Waals surface area contributed by atoms with Gasteiger partial charge in [-0.3, -0.25) is 4.79 Å². The van der Waals surface area contributed by atoms with Crippen molar-refractivity contribution < 1.29 is 19.1 Å². The zero-order valence-corrected chi connectivity index (χ0v) is 5.40. The van der Waals surface area contributed by atoms with E-state index in [1.807, 2.05) is 0 Å². The molecule has 0 saturated heterocycles. The highest BCUT2D eigenvalue weighted by atomic mass is 16.4. The Hall–Kier alpha value is -1.78. The van der Waals surface area contributed by atoms with E-state index in [0.29, 0.717) is 0 Å². The first-order chi connectivity index (χ1) is 5.11. The fourth-order valence-electron chi connectivity index (χ4n) is 0.585. The van der Waals surface area contributed by atoms with Gasteiger partial charge in [-0.15, -0.1) is 0 Å². The van der Waals surface area contributed by atoms with Gasteiger partial charge in [0.25, 0.3) is 5.91 Å². The van der Waals surface area contributed by atoms with Crippen molar-refractivity contribution in [3.05, 3.63) is 23.7 Å². The van der Waals surface area contributed by atoms with Gasteiger partial charge in [-0.2, -0.15) is 0 Å². The molecular formula is C6H5NO4. The maximum absolute atomic E-state index is 10.4. The molecule has 1 aromatic rings. The minimum Gasteiger partial charge on any atom is -0.475 e. The summed E-state index contributed by atoms with van der Waals surface area (Å²) in [5, 5.41) is 8.33. The molecule has 3 N–H and O–H groups in total. The molecule has 0 saturated carbocycles. The van der Waals surface area contributed by atoms with E-state index in [9.17, 15) is 9.59 Å². The molecule has 5 heteroatoms. The summed E-state index contributed by atoms with van der Waals surface area (Å²) in [6.45, 7) is 0.